The number of pyridine rings is 1. The Bertz CT molecular complexity index is 1050. The number of fused-ring (bicyclic) bond motifs is 1. The number of nitrogens with zero attached hydrogens (tertiary/aromatic N) is 3. The van der Waals surface area contributed by atoms with Crippen LogP contribution in [0, 0.1) is 0 Å². The van der Waals surface area contributed by atoms with Crippen LogP contribution >= 0.6 is 0 Å². The summed E-state index contributed by atoms with van der Waals surface area (Å²) in [7, 11) is 1.60. The number of likely N-dealkylation sites (tertiary alicyclic amines) is 1. The lowest BCUT2D eigenvalue weighted by molar-refractivity contribution is 0.0726. The normalized spacial score (nSPS) is 14.1. The van der Waals surface area contributed by atoms with Crippen LogP contribution in [0.2, 0.25) is 0 Å². The van der Waals surface area contributed by atoms with E-state index in [1.165, 1.54) is 6.42 Å². The van der Waals surface area contributed by atoms with Crippen molar-refractivity contribution in [3.63, 3.8) is 0 Å². The number of carbonyl (C=O) groups is 2. The Morgan fingerprint density at radius 2 is 1.90 bits per heavy atom. The Labute approximate surface area is 175 Å². The number of benzene rings is 1. The van der Waals surface area contributed by atoms with Crippen molar-refractivity contribution in [2.24, 2.45) is 0 Å². The van der Waals surface area contributed by atoms with Gasteiger partial charge in [-0.05, 0) is 43.5 Å². The van der Waals surface area contributed by atoms with Gasteiger partial charge in [-0.2, -0.15) is 5.10 Å². The summed E-state index contributed by atoms with van der Waals surface area (Å²) in [5.74, 6) is -0.115. The molecule has 1 fully saturated rings. The molecule has 1 aliphatic heterocycles. The zero-order valence-corrected chi connectivity index (χ0v) is 17.1. The van der Waals surface area contributed by atoms with E-state index < -0.39 is 0 Å². The highest BCUT2D eigenvalue weighted by Crippen LogP contribution is 2.24. The highest BCUT2D eigenvalue weighted by Gasteiger charge is 2.22. The fourth-order valence-electron chi connectivity index (χ4n) is 3.85. The molecule has 3 heterocycles. The van der Waals surface area contributed by atoms with E-state index in [1.807, 2.05) is 41.3 Å². The molecule has 1 aliphatic rings. The standard InChI is InChI=1S/C23H26N4O3/c1-30-14-11-24-22(28)18-8-5-7-17(15-18)20-9-6-10-21-19(16-25-27(20)21)23(29)26-12-3-2-4-13-26/h5-10,15-16H,2-4,11-14H2,1H3,(H,24,28). The van der Waals surface area contributed by atoms with Crippen molar-refractivity contribution >= 4 is 17.3 Å². The van der Waals surface area contributed by atoms with Gasteiger partial charge in [0, 0.05) is 37.9 Å². The second-order valence-corrected chi connectivity index (χ2v) is 7.45. The van der Waals surface area contributed by atoms with Crippen LogP contribution in [0.5, 0.6) is 0 Å². The molecule has 2 aromatic heterocycles. The predicted molar refractivity (Wildman–Crippen MR) is 115 cm³/mol. The van der Waals surface area contributed by atoms with E-state index >= 15 is 0 Å². The van der Waals surface area contributed by atoms with Crippen molar-refractivity contribution in [2.75, 3.05) is 33.4 Å². The average Bonchev–Trinajstić information content (AvgIpc) is 3.23. The van der Waals surface area contributed by atoms with Crippen LogP contribution in [0.25, 0.3) is 16.8 Å². The summed E-state index contributed by atoms with van der Waals surface area (Å²) in [6, 6.07) is 13.2. The summed E-state index contributed by atoms with van der Waals surface area (Å²) in [4.78, 5) is 27.3. The zero-order valence-electron chi connectivity index (χ0n) is 17.1. The minimum absolute atomic E-state index is 0.0353. The Hall–Kier alpha value is -3.19. The topological polar surface area (TPSA) is 75.9 Å². The molecule has 0 spiro atoms. The van der Waals surface area contributed by atoms with E-state index in [1.54, 1.807) is 23.9 Å². The Morgan fingerprint density at radius 3 is 2.70 bits per heavy atom. The Morgan fingerprint density at radius 1 is 1.10 bits per heavy atom. The maximum Gasteiger partial charge on any atom is 0.257 e. The fourth-order valence-corrected chi connectivity index (χ4v) is 3.85. The van der Waals surface area contributed by atoms with Crippen LogP contribution < -0.4 is 5.32 Å². The number of amides is 2. The molecule has 1 saturated heterocycles. The number of nitrogens with one attached hydrogen (secondary N) is 1. The van der Waals surface area contributed by atoms with Gasteiger partial charge in [-0.1, -0.05) is 18.2 Å². The molecule has 0 unspecified atom stereocenters. The highest BCUT2D eigenvalue weighted by molar-refractivity contribution is 6.01. The lowest BCUT2D eigenvalue weighted by Crippen LogP contribution is -2.35. The first-order valence-corrected chi connectivity index (χ1v) is 10.3. The minimum atomic E-state index is -0.150. The average molecular weight is 406 g/mol. The highest BCUT2D eigenvalue weighted by atomic mass is 16.5. The number of rotatable bonds is 6. The first-order valence-electron chi connectivity index (χ1n) is 10.3. The molecule has 0 bridgehead atoms. The molecular formula is C23H26N4O3. The molecular weight excluding hydrogens is 380 g/mol. The molecule has 1 N–H and O–H groups in total. The summed E-state index contributed by atoms with van der Waals surface area (Å²) in [5.41, 5.74) is 3.65. The van der Waals surface area contributed by atoms with Crippen LogP contribution in [0.3, 0.4) is 0 Å². The summed E-state index contributed by atoms with van der Waals surface area (Å²) >= 11 is 0. The van der Waals surface area contributed by atoms with E-state index in [0.29, 0.717) is 24.3 Å². The van der Waals surface area contributed by atoms with Crippen LogP contribution in [-0.2, 0) is 4.74 Å². The van der Waals surface area contributed by atoms with Gasteiger partial charge in [-0.3, -0.25) is 9.59 Å². The van der Waals surface area contributed by atoms with E-state index in [0.717, 1.165) is 42.7 Å². The number of carbonyl (C=O) groups excluding carboxylic acids is 2. The van der Waals surface area contributed by atoms with E-state index in [9.17, 15) is 9.59 Å². The van der Waals surface area contributed by atoms with Gasteiger partial charge in [0.15, 0.2) is 0 Å². The molecule has 7 heteroatoms. The largest absolute Gasteiger partial charge is 0.383 e. The number of aromatic nitrogens is 2. The van der Waals surface area contributed by atoms with Crippen molar-refractivity contribution in [3.8, 4) is 11.3 Å². The van der Waals surface area contributed by atoms with Crippen LogP contribution in [0.15, 0.2) is 48.7 Å². The third-order valence-corrected chi connectivity index (χ3v) is 5.43. The smallest absolute Gasteiger partial charge is 0.257 e. The minimum Gasteiger partial charge on any atom is -0.383 e. The van der Waals surface area contributed by atoms with E-state index in [4.69, 9.17) is 4.74 Å². The van der Waals surface area contributed by atoms with Gasteiger partial charge in [-0.25, -0.2) is 4.52 Å². The first-order chi connectivity index (χ1) is 14.7. The number of hydrogen-bond donors (Lipinski definition) is 1. The number of ether oxygens (including phenoxy) is 1. The molecule has 2 amide bonds. The molecule has 4 rings (SSSR count). The Kier molecular flexibility index (Phi) is 6.09. The molecule has 0 aliphatic carbocycles. The zero-order chi connectivity index (χ0) is 20.9. The summed E-state index contributed by atoms with van der Waals surface area (Å²) in [5, 5.41) is 7.33. The second-order valence-electron chi connectivity index (χ2n) is 7.45. The summed E-state index contributed by atoms with van der Waals surface area (Å²) in [6.45, 7) is 2.52. The number of methoxy groups -OCH3 is 1. The second kappa shape index (κ2) is 9.09. The van der Waals surface area contributed by atoms with E-state index in [2.05, 4.69) is 10.4 Å². The fraction of sp³-hybridized carbons (Fsp3) is 0.348. The number of piperidine rings is 1. The maximum atomic E-state index is 13.0. The van der Waals surface area contributed by atoms with Crippen molar-refractivity contribution in [1.82, 2.24) is 19.8 Å². The van der Waals surface area contributed by atoms with Gasteiger partial charge < -0.3 is 15.0 Å². The van der Waals surface area contributed by atoms with Gasteiger partial charge in [0.1, 0.15) is 0 Å². The third kappa shape index (κ3) is 4.07. The molecule has 3 aromatic rings. The molecule has 0 atom stereocenters. The lowest BCUT2D eigenvalue weighted by Gasteiger charge is -2.26. The molecule has 7 nitrogen and oxygen atoms in total. The van der Waals surface area contributed by atoms with Crippen LogP contribution in [-0.4, -0.2) is 59.7 Å². The van der Waals surface area contributed by atoms with Crippen molar-refractivity contribution in [3.05, 3.63) is 59.8 Å². The monoisotopic (exact) mass is 406 g/mol. The first kappa shape index (κ1) is 20.1. The lowest BCUT2D eigenvalue weighted by atomic mass is 10.1. The Balaban J connectivity index is 1.64. The summed E-state index contributed by atoms with van der Waals surface area (Å²) < 4.78 is 6.75. The SMILES string of the molecule is COCCNC(=O)c1cccc(-c2cccc3c(C(=O)N4CCCCC4)cnn23)c1. The quantitative estimate of drug-likeness (QED) is 0.639. The summed E-state index contributed by atoms with van der Waals surface area (Å²) in [6.07, 6.45) is 4.93. The maximum absolute atomic E-state index is 13.0. The molecule has 30 heavy (non-hydrogen) atoms. The van der Waals surface area contributed by atoms with Crippen LogP contribution in [0.1, 0.15) is 40.0 Å². The number of hydrogen-bond acceptors (Lipinski definition) is 4. The molecule has 156 valence electrons. The van der Waals surface area contributed by atoms with E-state index in [-0.39, 0.29) is 11.8 Å². The molecule has 0 radical (unpaired) electrons. The van der Waals surface area contributed by atoms with Gasteiger partial charge in [-0.15, -0.1) is 0 Å². The molecule has 0 saturated carbocycles. The van der Waals surface area contributed by atoms with Crippen molar-refractivity contribution in [2.45, 2.75) is 19.3 Å². The third-order valence-electron chi connectivity index (χ3n) is 5.43. The van der Waals surface area contributed by atoms with Crippen LogP contribution in [0.4, 0.5) is 0 Å². The molecule has 1 aromatic carbocycles. The van der Waals surface area contributed by atoms with Gasteiger partial charge in [0.25, 0.3) is 11.8 Å². The van der Waals surface area contributed by atoms with Crippen molar-refractivity contribution in [1.29, 1.82) is 0 Å². The predicted octanol–water partition coefficient (Wildman–Crippen LogP) is 3.00. The van der Waals surface area contributed by atoms with Gasteiger partial charge in [0.2, 0.25) is 0 Å². The van der Waals surface area contributed by atoms with Gasteiger partial charge >= 0.3 is 0 Å². The van der Waals surface area contributed by atoms with Crippen molar-refractivity contribution < 1.29 is 14.3 Å². The van der Waals surface area contributed by atoms with Gasteiger partial charge in [0.05, 0.1) is 29.6 Å².